The topological polar surface area (TPSA) is 20.3 Å². The van der Waals surface area contributed by atoms with Crippen LogP contribution in [-0.2, 0) is 0 Å². The minimum atomic E-state index is 0.182. The van der Waals surface area contributed by atoms with Crippen LogP contribution in [0.15, 0.2) is 22.7 Å². The van der Waals surface area contributed by atoms with E-state index in [1.807, 2.05) is 30.0 Å². The Kier molecular flexibility index (Phi) is 2.97. The van der Waals surface area contributed by atoms with Gasteiger partial charge in [0.1, 0.15) is 0 Å². The smallest absolute Gasteiger partial charge is 0.255 e. The number of piperidine rings is 1. The van der Waals surface area contributed by atoms with Crippen molar-refractivity contribution in [2.75, 3.05) is 13.1 Å². The van der Waals surface area contributed by atoms with Crippen LogP contribution < -0.4 is 0 Å². The first-order valence-electron chi connectivity index (χ1n) is 6.66. The van der Waals surface area contributed by atoms with E-state index in [9.17, 15) is 4.79 Å². The molecule has 1 aromatic rings. The molecule has 0 atom stereocenters. The molecule has 3 rings (SSSR count). The molecule has 1 amide bonds. The fourth-order valence-electron chi connectivity index (χ4n) is 2.84. The molecule has 1 saturated carbocycles. The highest BCUT2D eigenvalue weighted by Crippen LogP contribution is 2.53. The number of amides is 1. The first-order valence-corrected chi connectivity index (χ1v) is 7.45. The fraction of sp³-hybridized carbons (Fsp3) is 0.533. The van der Waals surface area contributed by atoms with Gasteiger partial charge in [-0.05, 0) is 65.6 Å². The van der Waals surface area contributed by atoms with Crippen LogP contribution in [0.5, 0.6) is 0 Å². The van der Waals surface area contributed by atoms with Crippen molar-refractivity contribution in [2.24, 2.45) is 5.41 Å². The summed E-state index contributed by atoms with van der Waals surface area (Å²) in [5.74, 6) is 0.182. The van der Waals surface area contributed by atoms with Crippen LogP contribution in [0, 0.1) is 12.3 Å². The van der Waals surface area contributed by atoms with Gasteiger partial charge in [0, 0.05) is 17.6 Å². The second-order valence-electron chi connectivity index (χ2n) is 5.73. The minimum absolute atomic E-state index is 0.182. The Labute approximate surface area is 116 Å². The largest absolute Gasteiger partial charge is 0.339 e. The van der Waals surface area contributed by atoms with Crippen molar-refractivity contribution in [3.05, 3.63) is 33.8 Å². The number of hydrogen-bond donors (Lipinski definition) is 0. The number of benzene rings is 1. The highest BCUT2D eigenvalue weighted by Gasteiger charge is 2.45. The van der Waals surface area contributed by atoms with Gasteiger partial charge in [0.05, 0.1) is 5.56 Å². The third-order valence-electron chi connectivity index (χ3n) is 4.49. The predicted octanol–water partition coefficient (Wildman–Crippen LogP) is 3.77. The van der Waals surface area contributed by atoms with Crippen molar-refractivity contribution in [1.82, 2.24) is 4.90 Å². The lowest BCUT2D eigenvalue weighted by atomic mass is 9.93. The number of carbonyl (C=O) groups excluding carboxylic acids is 1. The van der Waals surface area contributed by atoms with Gasteiger partial charge >= 0.3 is 0 Å². The van der Waals surface area contributed by atoms with Crippen molar-refractivity contribution >= 4 is 21.8 Å². The number of aryl methyl sites for hydroxylation is 1. The number of carbonyl (C=O) groups is 1. The first-order chi connectivity index (χ1) is 8.61. The molecule has 0 bridgehead atoms. The zero-order valence-electron chi connectivity index (χ0n) is 10.7. The standard InChI is InChI=1S/C15H18BrNO/c1-11-3-2-4-12(13(11)16)14(18)17-9-7-15(5-6-15)8-10-17/h2-4H,5-10H2,1H3. The normalized spacial score (nSPS) is 21.1. The monoisotopic (exact) mass is 307 g/mol. The lowest BCUT2D eigenvalue weighted by Gasteiger charge is -2.32. The lowest BCUT2D eigenvalue weighted by molar-refractivity contribution is 0.0677. The van der Waals surface area contributed by atoms with Crippen LogP contribution in [-0.4, -0.2) is 23.9 Å². The van der Waals surface area contributed by atoms with E-state index in [0.717, 1.165) is 28.7 Å². The maximum Gasteiger partial charge on any atom is 0.255 e. The van der Waals surface area contributed by atoms with Crippen molar-refractivity contribution in [2.45, 2.75) is 32.6 Å². The van der Waals surface area contributed by atoms with Crippen LogP contribution in [0.1, 0.15) is 41.6 Å². The van der Waals surface area contributed by atoms with Gasteiger partial charge in [-0.1, -0.05) is 12.1 Å². The van der Waals surface area contributed by atoms with Crippen LogP contribution in [0.25, 0.3) is 0 Å². The molecule has 0 radical (unpaired) electrons. The zero-order chi connectivity index (χ0) is 12.8. The van der Waals surface area contributed by atoms with E-state index < -0.39 is 0 Å². The Hall–Kier alpha value is -0.830. The van der Waals surface area contributed by atoms with Crippen molar-refractivity contribution < 1.29 is 4.79 Å². The summed E-state index contributed by atoms with van der Waals surface area (Å²) in [6.45, 7) is 3.88. The van der Waals surface area contributed by atoms with E-state index in [1.165, 1.54) is 25.7 Å². The molecule has 1 heterocycles. The molecule has 96 valence electrons. The van der Waals surface area contributed by atoms with E-state index in [-0.39, 0.29) is 5.91 Å². The third kappa shape index (κ3) is 2.09. The molecule has 1 aromatic carbocycles. The second kappa shape index (κ2) is 4.37. The summed E-state index contributed by atoms with van der Waals surface area (Å²) in [7, 11) is 0. The van der Waals surface area contributed by atoms with Gasteiger partial charge in [0.15, 0.2) is 0 Å². The molecule has 0 N–H and O–H groups in total. The molecule has 2 nitrogen and oxygen atoms in total. The first kappa shape index (κ1) is 12.2. The summed E-state index contributed by atoms with van der Waals surface area (Å²) in [6.07, 6.45) is 5.15. The third-order valence-corrected chi connectivity index (χ3v) is 5.54. The maximum atomic E-state index is 12.5. The van der Waals surface area contributed by atoms with Crippen molar-refractivity contribution in [3.8, 4) is 0 Å². The van der Waals surface area contributed by atoms with E-state index in [0.29, 0.717) is 5.41 Å². The Morgan fingerprint density at radius 3 is 2.50 bits per heavy atom. The molecule has 0 aromatic heterocycles. The quantitative estimate of drug-likeness (QED) is 0.773. The van der Waals surface area contributed by atoms with Gasteiger partial charge in [0.2, 0.25) is 0 Å². The van der Waals surface area contributed by atoms with Crippen molar-refractivity contribution in [3.63, 3.8) is 0 Å². The molecule has 2 aliphatic rings. The Morgan fingerprint density at radius 2 is 1.89 bits per heavy atom. The van der Waals surface area contributed by atoms with Gasteiger partial charge in [-0.25, -0.2) is 0 Å². The van der Waals surface area contributed by atoms with Crippen LogP contribution >= 0.6 is 15.9 Å². The fourth-order valence-corrected chi connectivity index (χ4v) is 3.28. The van der Waals surface area contributed by atoms with Gasteiger partial charge in [-0.15, -0.1) is 0 Å². The summed E-state index contributed by atoms with van der Waals surface area (Å²) < 4.78 is 0.946. The second-order valence-corrected chi connectivity index (χ2v) is 6.52. The van der Waals surface area contributed by atoms with E-state index in [4.69, 9.17) is 0 Å². The van der Waals surface area contributed by atoms with E-state index >= 15 is 0 Å². The van der Waals surface area contributed by atoms with E-state index in [1.54, 1.807) is 0 Å². The summed E-state index contributed by atoms with van der Waals surface area (Å²) in [4.78, 5) is 14.5. The molecule has 3 heteroatoms. The maximum absolute atomic E-state index is 12.5. The molecule has 1 aliphatic heterocycles. The Bertz CT molecular complexity index is 483. The van der Waals surface area contributed by atoms with Crippen LogP contribution in [0.4, 0.5) is 0 Å². The average molecular weight is 308 g/mol. The Balaban J connectivity index is 1.76. The summed E-state index contributed by atoms with van der Waals surface area (Å²) in [5.41, 5.74) is 2.55. The molecular weight excluding hydrogens is 290 g/mol. The van der Waals surface area contributed by atoms with Crippen LogP contribution in [0.3, 0.4) is 0 Å². The molecule has 0 unspecified atom stereocenters. The van der Waals surface area contributed by atoms with E-state index in [2.05, 4.69) is 15.9 Å². The van der Waals surface area contributed by atoms with Gasteiger partial charge in [0.25, 0.3) is 5.91 Å². The average Bonchev–Trinajstić information content (AvgIpc) is 3.13. The predicted molar refractivity (Wildman–Crippen MR) is 75.7 cm³/mol. The number of likely N-dealkylation sites (tertiary alicyclic amines) is 1. The van der Waals surface area contributed by atoms with Crippen molar-refractivity contribution in [1.29, 1.82) is 0 Å². The zero-order valence-corrected chi connectivity index (χ0v) is 12.3. The number of halogens is 1. The lowest BCUT2D eigenvalue weighted by Crippen LogP contribution is -2.39. The highest BCUT2D eigenvalue weighted by atomic mass is 79.9. The van der Waals surface area contributed by atoms with Crippen LogP contribution in [0.2, 0.25) is 0 Å². The number of hydrogen-bond acceptors (Lipinski definition) is 1. The highest BCUT2D eigenvalue weighted by molar-refractivity contribution is 9.10. The molecular formula is C15H18BrNO. The SMILES string of the molecule is Cc1cccc(C(=O)N2CCC3(CC2)CC3)c1Br. The van der Waals surface area contributed by atoms with Gasteiger partial charge in [-0.2, -0.15) is 0 Å². The summed E-state index contributed by atoms with van der Waals surface area (Å²) >= 11 is 3.53. The molecule has 2 fully saturated rings. The molecule has 18 heavy (non-hydrogen) atoms. The molecule has 1 aliphatic carbocycles. The summed E-state index contributed by atoms with van der Waals surface area (Å²) in [6, 6.07) is 5.90. The number of nitrogens with zero attached hydrogens (tertiary/aromatic N) is 1. The summed E-state index contributed by atoms with van der Waals surface area (Å²) in [5, 5.41) is 0. The molecule has 1 saturated heterocycles. The number of rotatable bonds is 1. The van der Waals surface area contributed by atoms with Gasteiger partial charge in [-0.3, -0.25) is 4.79 Å². The minimum Gasteiger partial charge on any atom is -0.339 e. The Morgan fingerprint density at radius 1 is 1.22 bits per heavy atom. The van der Waals surface area contributed by atoms with Gasteiger partial charge < -0.3 is 4.90 Å². The molecule has 1 spiro atoms.